The highest BCUT2D eigenvalue weighted by atomic mass is 127. The number of hydrogen-bond donors (Lipinski definition) is 1. The Labute approximate surface area is 65.7 Å². The van der Waals surface area contributed by atoms with Crippen molar-refractivity contribution in [2.24, 2.45) is 0 Å². The quantitative estimate of drug-likeness (QED) is 0.311. The first kappa shape index (κ1) is 6.60. The summed E-state index contributed by atoms with van der Waals surface area (Å²) in [6, 6.07) is 2.96. The molecule has 1 aromatic rings. The van der Waals surface area contributed by atoms with E-state index < -0.39 is 0 Å². The number of hydrogen-bond acceptors (Lipinski definition) is 2. The minimum Gasteiger partial charge on any atom is -0.618 e. The summed E-state index contributed by atoms with van der Waals surface area (Å²) >= 11 is 1.77. The van der Waals surface area contributed by atoms with E-state index in [9.17, 15) is 5.21 Å². The van der Waals surface area contributed by atoms with Crippen molar-refractivity contribution >= 4 is 22.6 Å². The third-order valence-corrected chi connectivity index (χ3v) is 1.91. The molecule has 48 valence electrons. The zero-order valence-corrected chi connectivity index (χ0v) is 6.57. The summed E-state index contributed by atoms with van der Waals surface area (Å²) in [4.78, 5) is 0. The van der Waals surface area contributed by atoms with E-state index in [-0.39, 0.29) is 5.75 Å². The molecule has 0 aliphatic rings. The first-order chi connectivity index (χ1) is 4.22. The smallest absolute Gasteiger partial charge is 0.294 e. The molecule has 0 aromatic carbocycles. The Morgan fingerprint density at radius 1 is 1.67 bits per heavy atom. The largest absolute Gasteiger partial charge is 0.618 e. The number of aromatic hydroxyl groups is 1. The Morgan fingerprint density at radius 2 is 2.33 bits per heavy atom. The van der Waals surface area contributed by atoms with Crippen LogP contribution in [0.3, 0.4) is 0 Å². The molecule has 1 aromatic heterocycles. The fourth-order valence-corrected chi connectivity index (χ4v) is 0.800. The van der Waals surface area contributed by atoms with Gasteiger partial charge in [-0.15, -0.1) is 0 Å². The maximum atomic E-state index is 10.6. The van der Waals surface area contributed by atoms with Gasteiger partial charge < -0.3 is 10.3 Å². The summed E-state index contributed by atoms with van der Waals surface area (Å²) < 4.78 is 0.908. The van der Waals surface area contributed by atoms with Crippen molar-refractivity contribution in [3.63, 3.8) is 0 Å². The average Bonchev–Trinajstić information content (AvgIpc) is 1.83. The van der Waals surface area contributed by atoms with Gasteiger partial charge in [0.05, 0.1) is 0 Å². The molecular weight excluding hydrogens is 233 g/mol. The summed E-state index contributed by atoms with van der Waals surface area (Å²) in [5.74, 6) is 0.0214. The number of rotatable bonds is 0. The van der Waals surface area contributed by atoms with Crippen molar-refractivity contribution < 1.29 is 9.84 Å². The van der Waals surface area contributed by atoms with Crippen LogP contribution in [0.25, 0.3) is 0 Å². The van der Waals surface area contributed by atoms with Crippen molar-refractivity contribution in [2.75, 3.05) is 0 Å². The van der Waals surface area contributed by atoms with Crippen LogP contribution >= 0.6 is 22.6 Å². The van der Waals surface area contributed by atoms with Gasteiger partial charge in [-0.1, -0.05) is 0 Å². The second-order valence-corrected chi connectivity index (χ2v) is 2.53. The van der Waals surface area contributed by atoms with E-state index in [4.69, 9.17) is 5.11 Å². The van der Waals surface area contributed by atoms with Gasteiger partial charge in [0.1, 0.15) is 0 Å². The third-order valence-electron chi connectivity index (χ3n) is 0.880. The minimum absolute atomic E-state index is 0.0214. The van der Waals surface area contributed by atoms with Crippen LogP contribution in [0.15, 0.2) is 18.3 Å². The van der Waals surface area contributed by atoms with Crippen LogP contribution in [0.4, 0.5) is 0 Å². The second kappa shape index (κ2) is 2.38. The van der Waals surface area contributed by atoms with Crippen molar-refractivity contribution in [1.82, 2.24) is 0 Å². The van der Waals surface area contributed by atoms with Crippen LogP contribution in [-0.4, -0.2) is 5.11 Å². The van der Waals surface area contributed by atoms with E-state index >= 15 is 0 Å². The normalized spacial score (nSPS) is 9.44. The van der Waals surface area contributed by atoms with Gasteiger partial charge >= 0.3 is 0 Å². The molecule has 0 radical (unpaired) electrons. The maximum Gasteiger partial charge on any atom is 0.294 e. The Morgan fingerprint density at radius 3 is 2.78 bits per heavy atom. The Bertz CT molecular complexity index is 206. The molecule has 0 bridgehead atoms. The second-order valence-electron chi connectivity index (χ2n) is 1.51. The lowest BCUT2D eigenvalue weighted by atomic mass is 10.5. The topological polar surface area (TPSA) is 47.2 Å². The molecule has 0 unspecified atom stereocenters. The molecule has 9 heavy (non-hydrogen) atoms. The van der Waals surface area contributed by atoms with Gasteiger partial charge in [-0.2, -0.15) is 4.73 Å². The molecule has 0 amide bonds. The van der Waals surface area contributed by atoms with Gasteiger partial charge in [-0.25, -0.2) is 0 Å². The molecule has 1 N–H and O–H groups in total. The number of pyridine rings is 1. The summed E-state index contributed by atoms with van der Waals surface area (Å²) in [5, 5.41) is 19.5. The fraction of sp³-hybridized carbons (Fsp3) is 0. The lowest BCUT2D eigenvalue weighted by Gasteiger charge is -1.97. The average molecular weight is 237 g/mol. The van der Waals surface area contributed by atoms with E-state index in [1.54, 1.807) is 22.6 Å². The highest BCUT2D eigenvalue weighted by Crippen LogP contribution is 2.12. The molecule has 0 aliphatic carbocycles. The Balaban J connectivity index is 3.25. The van der Waals surface area contributed by atoms with Crippen molar-refractivity contribution in [3.8, 4) is 5.75 Å². The van der Waals surface area contributed by atoms with Gasteiger partial charge in [0, 0.05) is 28.7 Å². The number of aromatic nitrogens is 1. The zero-order chi connectivity index (χ0) is 6.85. The maximum absolute atomic E-state index is 10.6. The van der Waals surface area contributed by atoms with Gasteiger partial charge in [-0.3, -0.25) is 0 Å². The van der Waals surface area contributed by atoms with Crippen LogP contribution in [-0.2, 0) is 0 Å². The van der Waals surface area contributed by atoms with Crippen LogP contribution < -0.4 is 4.73 Å². The number of halogens is 1. The summed E-state index contributed by atoms with van der Waals surface area (Å²) in [5.41, 5.74) is 0. The van der Waals surface area contributed by atoms with Crippen molar-refractivity contribution in [2.45, 2.75) is 0 Å². The fourth-order valence-electron chi connectivity index (χ4n) is 0.459. The predicted octanol–water partition coefficient (Wildman–Crippen LogP) is 0.630. The van der Waals surface area contributed by atoms with Crippen molar-refractivity contribution in [1.29, 1.82) is 0 Å². The van der Waals surface area contributed by atoms with E-state index in [0.717, 1.165) is 0 Å². The van der Waals surface area contributed by atoms with Gasteiger partial charge in [-0.05, 0) is 6.07 Å². The Kier molecular flexibility index (Phi) is 1.75. The third kappa shape index (κ3) is 1.24. The molecule has 1 heterocycles. The monoisotopic (exact) mass is 237 g/mol. The van der Waals surface area contributed by atoms with Gasteiger partial charge in [0.15, 0.2) is 11.9 Å². The molecule has 3 nitrogen and oxygen atoms in total. The van der Waals surface area contributed by atoms with E-state index in [2.05, 4.69) is 0 Å². The van der Waals surface area contributed by atoms with Crippen molar-refractivity contribution in [3.05, 3.63) is 27.2 Å². The summed E-state index contributed by atoms with van der Waals surface area (Å²) in [7, 11) is 0. The van der Waals surface area contributed by atoms with Gasteiger partial charge in [0.2, 0.25) is 0 Å². The molecule has 1 rings (SSSR count). The molecule has 0 aliphatic heterocycles. The SMILES string of the molecule is [O-][n+]1cccc(O)c1I. The standard InChI is InChI=1S/C5H4INO2/c6-5-4(8)2-1-3-7(5)9/h1-3,8H. The van der Waals surface area contributed by atoms with Crippen LogP contribution in [0.2, 0.25) is 0 Å². The summed E-state index contributed by atoms with van der Waals surface area (Å²) in [6.07, 6.45) is 1.33. The molecule has 0 atom stereocenters. The lowest BCUT2D eigenvalue weighted by molar-refractivity contribution is -0.619. The van der Waals surface area contributed by atoms with E-state index in [1.165, 1.54) is 18.3 Å². The summed E-state index contributed by atoms with van der Waals surface area (Å²) in [6.45, 7) is 0. The highest BCUT2D eigenvalue weighted by molar-refractivity contribution is 14.1. The molecule has 0 fully saturated rings. The first-order valence-corrected chi connectivity index (χ1v) is 3.36. The Hall–Kier alpha value is -0.520. The molecule has 0 saturated carbocycles. The predicted molar refractivity (Wildman–Crippen MR) is 39.8 cm³/mol. The molecule has 4 heteroatoms. The molecule has 0 saturated heterocycles. The van der Waals surface area contributed by atoms with E-state index in [0.29, 0.717) is 8.43 Å². The number of nitrogens with zero attached hydrogens (tertiary/aromatic N) is 1. The van der Waals surface area contributed by atoms with Crippen LogP contribution in [0, 0.1) is 8.91 Å². The molecule has 0 spiro atoms. The van der Waals surface area contributed by atoms with Crippen LogP contribution in [0.1, 0.15) is 0 Å². The highest BCUT2D eigenvalue weighted by Gasteiger charge is 2.03. The van der Waals surface area contributed by atoms with E-state index in [1.807, 2.05) is 0 Å². The first-order valence-electron chi connectivity index (χ1n) is 2.28. The van der Waals surface area contributed by atoms with Gasteiger partial charge in [0.25, 0.3) is 3.70 Å². The van der Waals surface area contributed by atoms with Crippen LogP contribution in [0.5, 0.6) is 5.75 Å². The minimum atomic E-state index is 0.0214. The molecular formula is C5H4INO2. The lowest BCUT2D eigenvalue weighted by Crippen LogP contribution is -2.28. The zero-order valence-electron chi connectivity index (χ0n) is 4.41.